The number of nitrogens with zero attached hydrogens (tertiary/aromatic N) is 6. The number of piperazine rings is 1. The summed E-state index contributed by atoms with van der Waals surface area (Å²) in [6.45, 7) is 17.4. The summed E-state index contributed by atoms with van der Waals surface area (Å²) in [7, 11) is 0. The molecular weight excluding hydrogens is 402 g/mol. The summed E-state index contributed by atoms with van der Waals surface area (Å²) < 4.78 is 1.91. The number of aromatic amines is 1. The van der Waals surface area contributed by atoms with Gasteiger partial charge in [0.2, 0.25) is 0 Å². The second-order valence-corrected chi connectivity index (χ2v) is 9.58. The van der Waals surface area contributed by atoms with Crippen molar-refractivity contribution in [2.75, 3.05) is 32.7 Å². The van der Waals surface area contributed by atoms with Crippen LogP contribution >= 0.6 is 0 Å². The third-order valence-electron chi connectivity index (χ3n) is 7.03. The van der Waals surface area contributed by atoms with Crippen molar-refractivity contribution >= 4 is 10.9 Å². The number of pyridine rings is 1. The number of hydrogen-bond acceptors (Lipinski definition) is 6. The minimum Gasteiger partial charge on any atom is -0.322 e. The first-order chi connectivity index (χ1) is 15.2. The Hall–Kier alpha value is -2.58. The van der Waals surface area contributed by atoms with Crippen molar-refractivity contribution in [3.63, 3.8) is 0 Å². The molecule has 2 aromatic heterocycles. The predicted molar refractivity (Wildman–Crippen MR) is 127 cm³/mol. The zero-order valence-corrected chi connectivity index (χ0v) is 20.1. The minimum atomic E-state index is -0.302. The molecule has 0 saturated carbocycles. The van der Waals surface area contributed by atoms with Gasteiger partial charge in [-0.2, -0.15) is 0 Å². The van der Waals surface area contributed by atoms with Crippen LogP contribution in [0.2, 0.25) is 0 Å². The maximum absolute atomic E-state index is 13.4. The molecule has 1 atom stereocenters. The molecule has 3 aromatic rings. The highest BCUT2D eigenvalue weighted by atomic mass is 16.1. The molecule has 8 nitrogen and oxygen atoms in total. The molecule has 4 rings (SSSR count). The molecule has 32 heavy (non-hydrogen) atoms. The van der Waals surface area contributed by atoms with E-state index in [0.29, 0.717) is 5.56 Å². The first-order valence-corrected chi connectivity index (χ1v) is 11.6. The van der Waals surface area contributed by atoms with E-state index in [4.69, 9.17) is 0 Å². The number of likely N-dealkylation sites (N-methyl/N-ethyl adjacent to an activating group) is 1. The molecule has 172 valence electrons. The maximum atomic E-state index is 13.4. The highest BCUT2D eigenvalue weighted by Crippen LogP contribution is 2.31. The fraction of sp³-hybridized carbons (Fsp3) is 0.583. The number of aryl methyl sites for hydroxylation is 2. The lowest BCUT2D eigenvalue weighted by Crippen LogP contribution is -2.49. The lowest BCUT2D eigenvalue weighted by atomic mass is 9.97. The lowest BCUT2D eigenvalue weighted by molar-refractivity contribution is 0.105. The summed E-state index contributed by atoms with van der Waals surface area (Å²) in [6, 6.07) is 5.94. The van der Waals surface area contributed by atoms with E-state index in [9.17, 15) is 4.79 Å². The van der Waals surface area contributed by atoms with Crippen molar-refractivity contribution in [1.82, 2.24) is 35.0 Å². The minimum absolute atomic E-state index is 0.0747. The molecule has 0 aliphatic carbocycles. The van der Waals surface area contributed by atoms with Crippen LogP contribution in [-0.4, -0.2) is 67.7 Å². The fourth-order valence-corrected chi connectivity index (χ4v) is 4.67. The van der Waals surface area contributed by atoms with Crippen LogP contribution in [0.25, 0.3) is 10.9 Å². The monoisotopic (exact) mass is 437 g/mol. The van der Waals surface area contributed by atoms with E-state index in [2.05, 4.69) is 84.0 Å². The summed E-state index contributed by atoms with van der Waals surface area (Å²) in [4.78, 5) is 21.4. The molecule has 1 N–H and O–H groups in total. The summed E-state index contributed by atoms with van der Waals surface area (Å²) >= 11 is 0. The van der Waals surface area contributed by atoms with Gasteiger partial charge in [0.05, 0.1) is 5.54 Å². The Morgan fingerprint density at radius 3 is 2.47 bits per heavy atom. The van der Waals surface area contributed by atoms with Gasteiger partial charge in [-0.1, -0.05) is 19.9 Å². The Labute approximate surface area is 189 Å². The van der Waals surface area contributed by atoms with Crippen LogP contribution in [0.15, 0.2) is 23.0 Å². The number of H-pyrrole nitrogens is 1. The smallest absolute Gasteiger partial charge is 0.253 e. The summed E-state index contributed by atoms with van der Waals surface area (Å²) in [5.41, 5.74) is 3.55. The van der Waals surface area contributed by atoms with E-state index in [1.54, 1.807) is 0 Å². The van der Waals surface area contributed by atoms with Gasteiger partial charge in [-0.05, 0) is 74.3 Å². The van der Waals surface area contributed by atoms with Crippen molar-refractivity contribution in [3.8, 4) is 0 Å². The van der Waals surface area contributed by atoms with Gasteiger partial charge < -0.3 is 9.88 Å². The van der Waals surface area contributed by atoms with Crippen molar-refractivity contribution < 1.29 is 0 Å². The van der Waals surface area contributed by atoms with E-state index in [1.807, 2.05) is 10.7 Å². The number of hydrogen-bond donors (Lipinski definition) is 1. The molecular formula is C24H35N7O. The average Bonchev–Trinajstić information content (AvgIpc) is 3.25. The first-order valence-electron chi connectivity index (χ1n) is 11.6. The standard InChI is InChI=1S/C24H35N7O/c1-7-24(5,6)31-22(26-27-28-31)21(30-11-9-29(8-2)10-12-30)19-15-18-17(4)13-16(3)14-20(18)25-23(19)32/h13-15,21H,7-12H2,1-6H3,(H,25,32). The van der Waals surface area contributed by atoms with Crippen LogP contribution in [0.4, 0.5) is 0 Å². The van der Waals surface area contributed by atoms with Gasteiger partial charge in [-0.3, -0.25) is 9.69 Å². The lowest BCUT2D eigenvalue weighted by Gasteiger charge is -2.39. The molecule has 1 saturated heterocycles. The van der Waals surface area contributed by atoms with E-state index in [-0.39, 0.29) is 17.1 Å². The Balaban J connectivity index is 1.89. The molecule has 1 aliphatic heterocycles. The Morgan fingerprint density at radius 1 is 1.09 bits per heavy atom. The van der Waals surface area contributed by atoms with E-state index in [0.717, 1.165) is 67.0 Å². The zero-order chi connectivity index (χ0) is 23.0. The maximum Gasteiger partial charge on any atom is 0.253 e. The number of tetrazole rings is 1. The van der Waals surface area contributed by atoms with Crippen LogP contribution in [0.5, 0.6) is 0 Å². The number of nitrogens with one attached hydrogen (secondary N) is 1. The summed E-state index contributed by atoms with van der Waals surface area (Å²) in [6.07, 6.45) is 0.883. The number of fused-ring (bicyclic) bond motifs is 1. The van der Waals surface area contributed by atoms with Crippen LogP contribution in [-0.2, 0) is 5.54 Å². The molecule has 0 spiro atoms. The molecule has 1 unspecified atom stereocenters. The largest absolute Gasteiger partial charge is 0.322 e. The van der Waals surface area contributed by atoms with Gasteiger partial charge >= 0.3 is 0 Å². The molecule has 1 aliphatic rings. The average molecular weight is 438 g/mol. The predicted octanol–water partition coefficient (Wildman–Crippen LogP) is 3.00. The van der Waals surface area contributed by atoms with Gasteiger partial charge in [0.1, 0.15) is 6.04 Å². The van der Waals surface area contributed by atoms with Crippen molar-refractivity contribution in [1.29, 1.82) is 0 Å². The second-order valence-electron chi connectivity index (χ2n) is 9.58. The van der Waals surface area contributed by atoms with Gasteiger partial charge in [-0.15, -0.1) is 5.10 Å². The van der Waals surface area contributed by atoms with Crippen LogP contribution in [0.3, 0.4) is 0 Å². The van der Waals surface area contributed by atoms with E-state index < -0.39 is 0 Å². The SMILES string of the molecule is CCN1CCN(C(c2cc3c(C)cc(C)cc3[nH]c2=O)c2nnnn2C(C)(C)CC)CC1. The van der Waals surface area contributed by atoms with Gasteiger partial charge in [0.25, 0.3) is 5.56 Å². The third-order valence-corrected chi connectivity index (χ3v) is 7.03. The third kappa shape index (κ3) is 4.09. The topological polar surface area (TPSA) is 82.9 Å². The Morgan fingerprint density at radius 2 is 1.81 bits per heavy atom. The van der Waals surface area contributed by atoms with E-state index >= 15 is 0 Å². The highest BCUT2D eigenvalue weighted by Gasteiger charge is 2.35. The highest BCUT2D eigenvalue weighted by molar-refractivity contribution is 5.83. The van der Waals surface area contributed by atoms with Gasteiger partial charge in [0, 0.05) is 42.6 Å². The number of rotatable bonds is 6. The summed E-state index contributed by atoms with van der Waals surface area (Å²) in [5, 5.41) is 13.9. The number of aromatic nitrogens is 5. The van der Waals surface area contributed by atoms with Gasteiger partial charge in [0.15, 0.2) is 5.82 Å². The number of benzene rings is 1. The molecule has 1 aromatic carbocycles. The van der Waals surface area contributed by atoms with Crippen LogP contribution in [0, 0.1) is 13.8 Å². The Kier molecular flexibility index (Phi) is 6.18. The fourth-order valence-electron chi connectivity index (χ4n) is 4.67. The summed E-state index contributed by atoms with van der Waals surface area (Å²) in [5.74, 6) is 0.733. The van der Waals surface area contributed by atoms with Crippen LogP contribution < -0.4 is 5.56 Å². The zero-order valence-electron chi connectivity index (χ0n) is 20.1. The molecule has 1 fully saturated rings. The quantitative estimate of drug-likeness (QED) is 0.638. The second kappa shape index (κ2) is 8.75. The molecule has 8 heteroatoms. The molecule has 3 heterocycles. The molecule has 0 bridgehead atoms. The van der Waals surface area contributed by atoms with E-state index in [1.165, 1.54) is 0 Å². The molecule has 0 amide bonds. The van der Waals surface area contributed by atoms with Crippen molar-refractivity contribution in [3.05, 3.63) is 51.1 Å². The van der Waals surface area contributed by atoms with Crippen molar-refractivity contribution in [2.45, 2.75) is 59.5 Å². The molecule has 0 radical (unpaired) electrons. The normalized spacial score (nSPS) is 17.2. The van der Waals surface area contributed by atoms with Crippen LogP contribution in [0.1, 0.15) is 62.7 Å². The first kappa shape index (κ1) is 22.6. The van der Waals surface area contributed by atoms with Gasteiger partial charge in [-0.25, -0.2) is 4.68 Å². The Bertz CT molecular complexity index is 1150. The van der Waals surface area contributed by atoms with Crippen molar-refractivity contribution in [2.24, 2.45) is 0 Å².